The summed E-state index contributed by atoms with van der Waals surface area (Å²) in [6.07, 6.45) is 1.10. The maximum Gasteiger partial charge on any atom is 0.225 e. The Morgan fingerprint density at radius 3 is 2.84 bits per heavy atom. The van der Waals surface area contributed by atoms with Crippen molar-refractivity contribution in [2.45, 2.75) is 20.3 Å². The van der Waals surface area contributed by atoms with Gasteiger partial charge >= 0.3 is 0 Å². The summed E-state index contributed by atoms with van der Waals surface area (Å²) in [4.78, 5) is 12.4. The molecule has 0 saturated carbocycles. The van der Waals surface area contributed by atoms with Crippen LogP contribution in [-0.4, -0.2) is 36.1 Å². The van der Waals surface area contributed by atoms with Crippen molar-refractivity contribution in [1.82, 2.24) is 15.3 Å². The van der Waals surface area contributed by atoms with Crippen molar-refractivity contribution in [3.8, 4) is 11.1 Å². The lowest BCUT2D eigenvalue weighted by Crippen LogP contribution is -2.28. The highest BCUT2D eigenvalue weighted by atomic mass is 35.5. The van der Waals surface area contributed by atoms with Gasteiger partial charge in [-0.15, -0.1) is 11.3 Å². The third kappa shape index (κ3) is 3.24. The second-order valence-corrected chi connectivity index (χ2v) is 7.75. The first-order valence-corrected chi connectivity index (χ1v) is 9.87. The molecule has 1 aliphatic heterocycles. The molecule has 0 amide bonds. The minimum atomic E-state index is 0.328. The van der Waals surface area contributed by atoms with Crippen LogP contribution in [0.4, 0.5) is 5.82 Å². The van der Waals surface area contributed by atoms with E-state index in [1.54, 1.807) is 11.3 Å². The fourth-order valence-electron chi connectivity index (χ4n) is 3.50. The number of anilines is 1. The summed E-state index contributed by atoms with van der Waals surface area (Å²) >= 11 is 7.87. The number of thiophene rings is 1. The van der Waals surface area contributed by atoms with Gasteiger partial charge in [0.1, 0.15) is 10.6 Å². The monoisotopic (exact) mass is 372 g/mol. The van der Waals surface area contributed by atoms with E-state index >= 15 is 0 Å². The van der Waals surface area contributed by atoms with E-state index in [0.29, 0.717) is 5.28 Å². The van der Waals surface area contributed by atoms with E-state index < -0.39 is 0 Å². The molecule has 25 heavy (non-hydrogen) atoms. The van der Waals surface area contributed by atoms with Gasteiger partial charge in [-0.05, 0) is 49.5 Å². The van der Waals surface area contributed by atoms with E-state index in [1.165, 1.54) is 22.3 Å². The number of hydrogen-bond donors (Lipinski definition) is 1. The summed E-state index contributed by atoms with van der Waals surface area (Å²) in [5, 5.41) is 7.09. The van der Waals surface area contributed by atoms with Gasteiger partial charge in [-0.3, -0.25) is 0 Å². The standard InChI is InChI=1S/C19H21ClN4S/c1-12-4-5-14(13(2)10-12)15-11-25-18-16(15)17(22-19(20)23-18)24-8-3-6-21-7-9-24/h4-5,10-11,21H,3,6-9H2,1-2H3. The first-order chi connectivity index (χ1) is 12.1. The van der Waals surface area contributed by atoms with Crippen LogP contribution in [0.5, 0.6) is 0 Å². The van der Waals surface area contributed by atoms with E-state index in [1.807, 2.05) is 0 Å². The van der Waals surface area contributed by atoms with Crippen LogP contribution in [0.25, 0.3) is 21.3 Å². The number of nitrogens with one attached hydrogen (secondary N) is 1. The number of benzene rings is 1. The zero-order chi connectivity index (χ0) is 17.4. The number of fused-ring (bicyclic) bond motifs is 1. The van der Waals surface area contributed by atoms with E-state index in [-0.39, 0.29) is 0 Å². The number of aromatic nitrogens is 2. The molecular formula is C19H21ClN4S. The molecule has 4 nitrogen and oxygen atoms in total. The molecule has 1 aliphatic rings. The van der Waals surface area contributed by atoms with Crippen LogP contribution in [0, 0.1) is 13.8 Å². The van der Waals surface area contributed by atoms with Gasteiger partial charge in [0.25, 0.3) is 0 Å². The molecule has 0 spiro atoms. The predicted molar refractivity (Wildman–Crippen MR) is 107 cm³/mol. The van der Waals surface area contributed by atoms with Crippen LogP contribution in [0.1, 0.15) is 17.5 Å². The summed E-state index contributed by atoms with van der Waals surface area (Å²) in [6.45, 7) is 8.22. The fourth-order valence-corrected chi connectivity index (χ4v) is 4.65. The van der Waals surface area contributed by atoms with Gasteiger partial charge in [0.15, 0.2) is 0 Å². The van der Waals surface area contributed by atoms with Crippen molar-refractivity contribution < 1.29 is 0 Å². The highest BCUT2D eigenvalue weighted by Gasteiger charge is 2.21. The average Bonchev–Trinajstić information content (AvgIpc) is 2.81. The van der Waals surface area contributed by atoms with E-state index in [2.05, 4.69) is 57.6 Å². The molecule has 3 aromatic rings. The quantitative estimate of drug-likeness (QED) is 0.676. The van der Waals surface area contributed by atoms with Crippen molar-refractivity contribution in [2.75, 3.05) is 31.1 Å². The molecule has 1 saturated heterocycles. The molecule has 1 N–H and O–H groups in total. The van der Waals surface area contributed by atoms with Gasteiger partial charge in [-0.1, -0.05) is 23.8 Å². The Bertz CT molecular complexity index is 913. The van der Waals surface area contributed by atoms with Crippen molar-refractivity contribution in [3.05, 3.63) is 40.0 Å². The number of hydrogen-bond acceptors (Lipinski definition) is 5. The van der Waals surface area contributed by atoms with Crippen LogP contribution in [0.2, 0.25) is 5.28 Å². The topological polar surface area (TPSA) is 41.1 Å². The summed E-state index contributed by atoms with van der Waals surface area (Å²) in [5.74, 6) is 0.968. The zero-order valence-electron chi connectivity index (χ0n) is 14.5. The fraction of sp³-hybridized carbons (Fsp3) is 0.368. The highest BCUT2D eigenvalue weighted by Crippen LogP contribution is 2.40. The second kappa shape index (κ2) is 6.90. The third-order valence-corrected chi connectivity index (χ3v) is 5.74. The first kappa shape index (κ1) is 16.8. The SMILES string of the molecule is Cc1ccc(-c2csc3nc(Cl)nc(N4CCCNCC4)c23)c(C)c1. The summed E-state index contributed by atoms with van der Waals surface area (Å²) < 4.78 is 0. The van der Waals surface area contributed by atoms with Gasteiger partial charge in [-0.2, -0.15) is 4.98 Å². The number of halogens is 1. The molecule has 0 atom stereocenters. The largest absolute Gasteiger partial charge is 0.355 e. The Hall–Kier alpha value is -1.69. The van der Waals surface area contributed by atoms with E-state index in [0.717, 1.165) is 48.6 Å². The normalized spacial score (nSPS) is 15.6. The van der Waals surface area contributed by atoms with Crippen LogP contribution in [0.3, 0.4) is 0 Å². The number of aryl methyl sites for hydroxylation is 2. The zero-order valence-corrected chi connectivity index (χ0v) is 16.0. The predicted octanol–water partition coefficient (Wildman–Crippen LogP) is 4.43. The molecular weight excluding hydrogens is 352 g/mol. The van der Waals surface area contributed by atoms with Crippen LogP contribution in [-0.2, 0) is 0 Å². The van der Waals surface area contributed by atoms with Gasteiger partial charge in [-0.25, -0.2) is 4.98 Å². The lowest BCUT2D eigenvalue weighted by molar-refractivity contribution is 0.724. The van der Waals surface area contributed by atoms with Crippen LogP contribution >= 0.6 is 22.9 Å². The first-order valence-electron chi connectivity index (χ1n) is 8.61. The Kier molecular flexibility index (Phi) is 4.63. The third-order valence-electron chi connectivity index (χ3n) is 4.70. The molecule has 0 aliphatic carbocycles. The smallest absolute Gasteiger partial charge is 0.225 e. The molecule has 0 bridgehead atoms. The van der Waals surface area contributed by atoms with Gasteiger partial charge in [0, 0.05) is 30.6 Å². The molecule has 0 radical (unpaired) electrons. The lowest BCUT2D eigenvalue weighted by atomic mass is 9.99. The minimum absolute atomic E-state index is 0.328. The van der Waals surface area contributed by atoms with E-state index in [4.69, 9.17) is 11.6 Å². The van der Waals surface area contributed by atoms with Crippen LogP contribution in [0.15, 0.2) is 23.6 Å². The Labute approximate surface area is 156 Å². The Morgan fingerprint density at radius 1 is 1.12 bits per heavy atom. The molecule has 1 aromatic carbocycles. The van der Waals surface area contributed by atoms with Crippen LogP contribution < -0.4 is 10.2 Å². The van der Waals surface area contributed by atoms with E-state index in [9.17, 15) is 0 Å². The summed E-state index contributed by atoms with van der Waals surface area (Å²) in [6, 6.07) is 6.60. The molecule has 130 valence electrons. The second-order valence-electron chi connectivity index (χ2n) is 6.55. The molecule has 3 heterocycles. The van der Waals surface area contributed by atoms with Crippen molar-refractivity contribution >= 4 is 39.0 Å². The Balaban J connectivity index is 1.91. The number of nitrogens with zero attached hydrogens (tertiary/aromatic N) is 3. The van der Waals surface area contributed by atoms with Crippen molar-refractivity contribution in [1.29, 1.82) is 0 Å². The Morgan fingerprint density at radius 2 is 2.00 bits per heavy atom. The minimum Gasteiger partial charge on any atom is -0.355 e. The lowest BCUT2D eigenvalue weighted by Gasteiger charge is -2.22. The average molecular weight is 373 g/mol. The summed E-state index contributed by atoms with van der Waals surface area (Å²) in [7, 11) is 0. The van der Waals surface area contributed by atoms with Gasteiger partial charge in [0.05, 0.1) is 5.39 Å². The van der Waals surface area contributed by atoms with Crippen molar-refractivity contribution in [2.24, 2.45) is 0 Å². The molecule has 4 rings (SSSR count). The molecule has 1 fully saturated rings. The maximum atomic E-state index is 6.23. The molecule has 6 heteroatoms. The van der Waals surface area contributed by atoms with Gasteiger partial charge in [0.2, 0.25) is 5.28 Å². The summed E-state index contributed by atoms with van der Waals surface area (Å²) in [5.41, 5.74) is 5.01. The molecule has 2 aromatic heterocycles. The highest BCUT2D eigenvalue weighted by molar-refractivity contribution is 7.17. The maximum absolute atomic E-state index is 6.23. The van der Waals surface area contributed by atoms with Crippen molar-refractivity contribution in [3.63, 3.8) is 0 Å². The number of rotatable bonds is 2. The molecule has 0 unspecified atom stereocenters. The van der Waals surface area contributed by atoms with Gasteiger partial charge < -0.3 is 10.2 Å².